The van der Waals surface area contributed by atoms with Gasteiger partial charge in [0.05, 0.1) is 11.8 Å². The molecular weight excluding hydrogens is 612 g/mol. The van der Waals surface area contributed by atoms with Gasteiger partial charge in [0.15, 0.2) is 0 Å². The summed E-state index contributed by atoms with van der Waals surface area (Å²) in [4.78, 5) is 16.4. The number of carboxylic acid groups (broad SMARTS) is 1. The second-order valence-electron chi connectivity index (χ2n) is 12.1. The highest BCUT2D eigenvalue weighted by Crippen LogP contribution is 2.44. The fourth-order valence-corrected chi connectivity index (χ4v) is 6.86. The molecule has 1 aliphatic heterocycles. The van der Waals surface area contributed by atoms with E-state index >= 15 is 0 Å². The molecule has 1 saturated heterocycles. The van der Waals surface area contributed by atoms with Crippen molar-refractivity contribution < 1.29 is 23.1 Å². The maximum absolute atomic E-state index is 14.6. The SMILES string of the molecule is CC(C)[C@H](C(=O)O)N(C)C1CC(CN2CCC(CCC(F)(F)c3cnn(C)c3)CC2)C(c2cccc(F)c2)C1.Cl.Cl.Cl. The molecule has 1 aromatic carbocycles. The van der Waals surface area contributed by atoms with E-state index in [2.05, 4.69) is 10.00 Å². The molecule has 42 heavy (non-hydrogen) atoms. The average Bonchev–Trinajstić information content (AvgIpc) is 3.50. The lowest BCUT2D eigenvalue weighted by atomic mass is 9.86. The van der Waals surface area contributed by atoms with Crippen molar-refractivity contribution >= 4 is 43.2 Å². The van der Waals surface area contributed by atoms with Crippen LogP contribution in [-0.2, 0) is 17.8 Å². The Labute approximate surface area is 266 Å². The normalized spacial score (nSPS) is 22.4. The van der Waals surface area contributed by atoms with Crippen LogP contribution < -0.4 is 0 Å². The van der Waals surface area contributed by atoms with E-state index in [4.69, 9.17) is 0 Å². The van der Waals surface area contributed by atoms with Gasteiger partial charge in [0.2, 0.25) is 0 Å². The Morgan fingerprint density at radius 3 is 2.38 bits per heavy atom. The first-order valence-electron chi connectivity index (χ1n) is 14.2. The number of carbonyl (C=O) groups is 1. The van der Waals surface area contributed by atoms with Crippen LogP contribution in [0.2, 0.25) is 0 Å². The van der Waals surface area contributed by atoms with Crippen LogP contribution in [0.3, 0.4) is 0 Å². The summed E-state index contributed by atoms with van der Waals surface area (Å²) in [5.41, 5.74) is 0.953. The van der Waals surface area contributed by atoms with Crippen LogP contribution in [0.25, 0.3) is 0 Å². The Morgan fingerprint density at radius 2 is 1.83 bits per heavy atom. The molecule has 0 radical (unpaired) electrons. The molecule has 2 heterocycles. The fourth-order valence-electron chi connectivity index (χ4n) is 6.86. The second-order valence-corrected chi connectivity index (χ2v) is 12.1. The van der Waals surface area contributed by atoms with Crippen LogP contribution in [0.15, 0.2) is 36.7 Å². The van der Waals surface area contributed by atoms with Crippen molar-refractivity contribution in [3.05, 3.63) is 53.6 Å². The van der Waals surface area contributed by atoms with E-state index in [1.54, 1.807) is 19.2 Å². The third kappa shape index (κ3) is 9.49. The fraction of sp³-hybridized carbons (Fsp3) is 0.667. The number of likely N-dealkylation sites (N-methyl/N-ethyl adjacent to an activating group) is 1. The van der Waals surface area contributed by atoms with E-state index in [-0.39, 0.29) is 84.7 Å². The molecule has 2 aliphatic rings. The van der Waals surface area contributed by atoms with Crippen LogP contribution in [0.1, 0.15) is 69.4 Å². The van der Waals surface area contributed by atoms with E-state index in [1.807, 2.05) is 31.9 Å². The number of aryl methyl sites for hydroxylation is 1. The first-order valence-corrected chi connectivity index (χ1v) is 14.2. The summed E-state index contributed by atoms with van der Waals surface area (Å²) in [7, 11) is 3.55. The molecule has 3 unspecified atom stereocenters. The zero-order valence-electron chi connectivity index (χ0n) is 24.8. The Balaban J connectivity index is 0.00000294. The molecule has 0 spiro atoms. The largest absolute Gasteiger partial charge is 0.480 e. The second kappa shape index (κ2) is 16.5. The molecule has 1 aliphatic carbocycles. The lowest BCUT2D eigenvalue weighted by molar-refractivity contribution is -0.145. The van der Waals surface area contributed by atoms with Crippen molar-refractivity contribution in [3.8, 4) is 0 Å². The number of halogens is 6. The number of alkyl halides is 2. The van der Waals surface area contributed by atoms with Gasteiger partial charge < -0.3 is 10.0 Å². The van der Waals surface area contributed by atoms with Gasteiger partial charge in [0, 0.05) is 32.3 Å². The number of aliphatic carboxylic acids is 1. The van der Waals surface area contributed by atoms with Crippen molar-refractivity contribution in [2.45, 2.75) is 76.3 Å². The van der Waals surface area contributed by atoms with Gasteiger partial charge >= 0.3 is 5.97 Å². The van der Waals surface area contributed by atoms with Crippen molar-refractivity contribution in [3.63, 3.8) is 0 Å². The van der Waals surface area contributed by atoms with Crippen LogP contribution in [-0.4, -0.2) is 69.4 Å². The molecule has 0 bridgehead atoms. The molecule has 12 heteroatoms. The molecule has 1 aromatic heterocycles. The maximum Gasteiger partial charge on any atom is 0.321 e. The van der Waals surface area contributed by atoms with E-state index in [1.165, 1.54) is 23.1 Å². The van der Waals surface area contributed by atoms with Crippen LogP contribution in [0.4, 0.5) is 13.2 Å². The number of likely N-dealkylation sites (tertiary alicyclic amines) is 1. The minimum Gasteiger partial charge on any atom is -0.480 e. The highest BCUT2D eigenvalue weighted by Gasteiger charge is 2.42. The highest BCUT2D eigenvalue weighted by atomic mass is 35.5. The third-order valence-corrected chi connectivity index (χ3v) is 9.04. The van der Waals surface area contributed by atoms with Gasteiger partial charge in [0.25, 0.3) is 5.92 Å². The molecule has 6 nitrogen and oxygen atoms in total. The quantitative estimate of drug-likeness (QED) is 0.282. The molecule has 4 atom stereocenters. The predicted octanol–water partition coefficient (Wildman–Crippen LogP) is 7.01. The lowest BCUT2D eigenvalue weighted by Gasteiger charge is -2.35. The molecule has 1 N–H and O–H groups in total. The van der Waals surface area contributed by atoms with Crippen molar-refractivity contribution in [1.29, 1.82) is 0 Å². The Bertz CT molecular complexity index is 1110. The first kappa shape index (κ1) is 38.5. The van der Waals surface area contributed by atoms with Gasteiger partial charge in [-0.05, 0) is 93.6 Å². The summed E-state index contributed by atoms with van der Waals surface area (Å²) in [6.45, 7) is 6.44. The molecule has 240 valence electrons. The summed E-state index contributed by atoms with van der Waals surface area (Å²) >= 11 is 0. The molecule has 1 saturated carbocycles. The van der Waals surface area contributed by atoms with E-state index in [0.717, 1.165) is 50.9 Å². The summed E-state index contributed by atoms with van der Waals surface area (Å²) < 4.78 is 44.8. The minimum atomic E-state index is -2.86. The average molecular weight is 658 g/mol. The minimum absolute atomic E-state index is 0. The summed E-state index contributed by atoms with van der Waals surface area (Å²) in [6.07, 6.45) is 6.39. The zero-order chi connectivity index (χ0) is 28.3. The number of rotatable bonds is 11. The summed E-state index contributed by atoms with van der Waals surface area (Å²) in [5.74, 6) is -3.26. The number of aromatic nitrogens is 2. The Kier molecular flexibility index (Phi) is 15.1. The van der Waals surface area contributed by atoms with Gasteiger partial charge in [-0.15, -0.1) is 37.2 Å². The van der Waals surface area contributed by atoms with Crippen molar-refractivity contribution in [2.24, 2.45) is 24.8 Å². The monoisotopic (exact) mass is 656 g/mol. The van der Waals surface area contributed by atoms with Gasteiger partial charge in [-0.3, -0.25) is 14.4 Å². The predicted molar refractivity (Wildman–Crippen MR) is 167 cm³/mol. The van der Waals surface area contributed by atoms with Gasteiger partial charge in [-0.2, -0.15) is 5.10 Å². The van der Waals surface area contributed by atoms with Crippen LogP contribution >= 0.6 is 37.2 Å². The van der Waals surface area contributed by atoms with Crippen molar-refractivity contribution in [2.75, 3.05) is 26.7 Å². The number of benzene rings is 1. The van der Waals surface area contributed by atoms with Gasteiger partial charge in [-0.25, -0.2) is 13.2 Å². The summed E-state index contributed by atoms with van der Waals surface area (Å²) in [5, 5.41) is 13.7. The smallest absolute Gasteiger partial charge is 0.321 e. The van der Waals surface area contributed by atoms with E-state index in [9.17, 15) is 23.1 Å². The summed E-state index contributed by atoms with van der Waals surface area (Å²) in [6, 6.07) is 6.33. The highest BCUT2D eigenvalue weighted by molar-refractivity contribution is 5.86. The van der Waals surface area contributed by atoms with Gasteiger partial charge in [-0.1, -0.05) is 26.0 Å². The van der Waals surface area contributed by atoms with Crippen molar-refractivity contribution in [1.82, 2.24) is 19.6 Å². The number of hydrogen-bond acceptors (Lipinski definition) is 4. The standard InChI is InChI=1S/C30H43F3N4O2.3ClH/c1-20(2)28(29(38)39)36(4)26-15-23(27(16-26)22-6-5-7-25(31)14-22)18-37-12-9-21(10-13-37)8-11-30(32,33)24-17-34-35(3)19-24;;;/h5-7,14,17,19-21,23,26-28H,8-13,15-16,18H2,1-4H3,(H,38,39);3*1H/t23?,26?,27?,28-;;;/m1.../s1. The molecule has 4 rings (SSSR count). The Morgan fingerprint density at radius 1 is 1.17 bits per heavy atom. The first-order chi connectivity index (χ1) is 18.4. The number of hydrogen-bond donors (Lipinski definition) is 1. The third-order valence-electron chi connectivity index (χ3n) is 9.04. The number of carboxylic acids is 1. The van der Waals surface area contributed by atoms with E-state index in [0.29, 0.717) is 6.42 Å². The van der Waals surface area contributed by atoms with Crippen LogP contribution in [0.5, 0.6) is 0 Å². The van der Waals surface area contributed by atoms with E-state index < -0.39 is 17.9 Å². The molecule has 2 fully saturated rings. The van der Waals surface area contributed by atoms with Gasteiger partial charge in [0.1, 0.15) is 11.9 Å². The molecule has 0 amide bonds. The molecular formula is C30H46Cl3F3N4O2. The number of nitrogens with zero attached hydrogens (tertiary/aromatic N) is 4. The number of piperidine rings is 1. The topological polar surface area (TPSA) is 61.6 Å². The lowest BCUT2D eigenvalue weighted by Crippen LogP contribution is -2.47. The Hall–Kier alpha value is -1.52. The maximum atomic E-state index is 14.6. The molecule has 2 aromatic rings. The zero-order valence-corrected chi connectivity index (χ0v) is 27.2. The van der Waals surface area contributed by atoms with Crippen LogP contribution in [0, 0.1) is 23.6 Å².